The fourth-order valence-electron chi connectivity index (χ4n) is 3.49. The van der Waals surface area contributed by atoms with Gasteiger partial charge in [0.15, 0.2) is 0 Å². The standard InChI is InChI=1S/C20H19Cl2N7O2S/c1-32(30,31)29-6-4-14(5-7-29)26-20-24-10-16(22)19(27-20)17-11-28(12-25-17)18-3-2-13(9-23)8-15(18)21/h2-3,8,10-12,14H,4-7H2,1H3,(H,24,26,27). The van der Waals surface area contributed by atoms with E-state index in [1.807, 2.05) is 0 Å². The first kappa shape index (κ1) is 22.5. The summed E-state index contributed by atoms with van der Waals surface area (Å²) in [6.45, 7) is 0.902. The Balaban J connectivity index is 1.52. The molecule has 12 heteroatoms. The number of aromatic nitrogens is 4. The lowest BCUT2D eigenvalue weighted by molar-refractivity contribution is 0.331. The second-order valence-corrected chi connectivity index (χ2v) is 10.2. The number of imidazole rings is 1. The summed E-state index contributed by atoms with van der Waals surface area (Å²) in [7, 11) is -3.18. The molecule has 0 aliphatic carbocycles. The van der Waals surface area contributed by atoms with Crippen LogP contribution in [0.15, 0.2) is 36.9 Å². The van der Waals surface area contributed by atoms with Crippen molar-refractivity contribution in [2.45, 2.75) is 18.9 Å². The Morgan fingerprint density at radius 2 is 1.94 bits per heavy atom. The lowest BCUT2D eigenvalue weighted by Crippen LogP contribution is -2.42. The van der Waals surface area contributed by atoms with Crippen molar-refractivity contribution in [1.29, 1.82) is 5.26 Å². The molecule has 3 heterocycles. The number of nitrogens with one attached hydrogen (secondary N) is 1. The molecule has 1 aliphatic heterocycles. The van der Waals surface area contributed by atoms with E-state index in [0.29, 0.717) is 64.6 Å². The third kappa shape index (κ3) is 4.86. The highest BCUT2D eigenvalue weighted by Crippen LogP contribution is 2.28. The molecule has 2 aromatic heterocycles. The maximum absolute atomic E-state index is 11.7. The van der Waals surface area contributed by atoms with Crippen LogP contribution in [-0.2, 0) is 10.0 Å². The fraction of sp³-hybridized carbons (Fsp3) is 0.300. The van der Waals surface area contributed by atoms with Gasteiger partial charge >= 0.3 is 0 Å². The molecule has 9 nitrogen and oxygen atoms in total. The Bertz CT molecular complexity index is 1300. The van der Waals surface area contributed by atoms with Gasteiger partial charge in [-0.25, -0.2) is 27.7 Å². The summed E-state index contributed by atoms with van der Waals surface area (Å²) in [6, 6.07) is 7.11. The van der Waals surface area contributed by atoms with Gasteiger partial charge in [0.25, 0.3) is 0 Å². The highest BCUT2D eigenvalue weighted by atomic mass is 35.5. The predicted molar refractivity (Wildman–Crippen MR) is 122 cm³/mol. The van der Waals surface area contributed by atoms with Crippen LogP contribution in [0.5, 0.6) is 0 Å². The molecule has 3 aromatic rings. The number of anilines is 1. The molecule has 0 unspecified atom stereocenters. The predicted octanol–water partition coefficient (Wildman–Crippen LogP) is 3.34. The van der Waals surface area contributed by atoms with Crippen LogP contribution in [0.4, 0.5) is 5.95 Å². The SMILES string of the molecule is CS(=O)(=O)N1CCC(Nc2ncc(Cl)c(-c3cn(-c4ccc(C#N)cc4Cl)cn3)n2)CC1. The second kappa shape index (κ2) is 9.03. The number of nitrogens with zero attached hydrogens (tertiary/aromatic N) is 6. The lowest BCUT2D eigenvalue weighted by atomic mass is 10.1. The van der Waals surface area contributed by atoms with Crippen molar-refractivity contribution >= 4 is 39.2 Å². The minimum absolute atomic E-state index is 0.0528. The van der Waals surface area contributed by atoms with Gasteiger partial charge in [-0.15, -0.1) is 0 Å². The Labute approximate surface area is 195 Å². The van der Waals surface area contributed by atoms with E-state index in [0.717, 1.165) is 0 Å². The first-order valence-corrected chi connectivity index (χ1v) is 12.3. The molecule has 4 rings (SSSR count). The number of hydrogen-bond acceptors (Lipinski definition) is 7. The molecule has 1 aromatic carbocycles. The second-order valence-electron chi connectivity index (χ2n) is 7.41. The van der Waals surface area contributed by atoms with Gasteiger partial charge < -0.3 is 9.88 Å². The summed E-state index contributed by atoms with van der Waals surface area (Å²) in [5.41, 5.74) is 2.13. The molecule has 0 bridgehead atoms. The van der Waals surface area contributed by atoms with Crippen LogP contribution >= 0.6 is 23.2 Å². The van der Waals surface area contributed by atoms with Gasteiger partial charge in [-0.05, 0) is 31.0 Å². The van der Waals surface area contributed by atoms with Crippen LogP contribution in [0.25, 0.3) is 17.1 Å². The van der Waals surface area contributed by atoms with Gasteiger partial charge in [-0.2, -0.15) is 5.26 Å². The van der Waals surface area contributed by atoms with E-state index in [2.05, 4.69) is 26.3 Å². The summed E-state index contributed by atoms with van der Waals surface area (Å²) >= 11 is 12.6. The van der Waals surface area contributed by atoms with Gasteiger partial charge in [0.1, 0.15) is 17.7 Å². The van der Waals surface area contributed by atoms with E-state index in [1.54, 1.807) is 35.3 Å². The molecule has 1 aliphatic rings. The van der Waals surface area contributed by atoms with Crippen molar-refractivity contribution in [2.24, 2.45) is 0 Å². The molecule has 0 saturated carbocycles. The zero-order valence-corrected chi connectivity index (χ0v) is 19.4. The summed E-state index contributed by atoms with van der Waals surface area (Å²) in [6.07, 6.45) is 7.37. The average molecular weight is 492 g/mol. The van der Waals surface area contributed by atoms with E-state index in [4.69, 9.17) is 28.5 Å². The maximum atomic E-state index is 11.7. The van der Waals surface area contributed by atoms with Crippen LogP contribution in [0.3, 0.4) is 0 Å². The minimum Gasteiger partial charge on any atom is -0.351 e. The largest absolute Gasteiger partial charge is 0.351 e. The summed E-state index contributed by atoms with van der Waals surface area (Å²) in [5.74, 6) is 0.396. The highest BCUT2D eigenvalue weighted by molar-refractivity contribution is 7.88. The number of sulfonamides is 1. The van der Waals surface area contributed by atoms with E-state index >= 15 is 0 Å². The molecule has 1 N–H and O–H groups in total. The third-order valence-corrected chi connectivity index (χ3v) is 7.06. The number of piperidine rings is 1. The normalized spacial score (nSPS) is 15.4. The molecule has 1 fully saturated rings. The smallest absolute Gasteiger partial charge is 0.223 e. The molecular weight excluding hydrogens is 473 g/mol. The van der Waals surface area contributed by atoms with Gasteiger partial charge in [0.05, 0.1) is 39.8 Å². The van der Waals surface area contributed by atoms with E-state index in [-0.39, 0.29) is 6.04 Å². The molecular formula is C20H19Cl2N7O2S. The first-order valence-electron chi connectivity index (χ1n) is 9.73. The van der Waals surface area contributed by atoms with E-state index in [9.17, 15) is 8.42 Å². The van der Waals surface area contributed by atoms with Crippen LogP contribution in [0, 0.1) is 11.3 Å². The zero-order chi connectivity index (χ0) is 22.9. The first-order chi connectivity index (χ1) is 15.2. The Kier molecular flexibility index (Phi) is 6.35. The van der Waals surface area contributed by atoms with Crippen molar-refractivity contribution in [1.82, 2.24) is 23.8 Å². The molecule has 166 valence electrons. The van der Waals surface area contributed by atoms with Gasteiger partial charge in [0, 0.05) is 25.3 Å². The molecule has 1 saturated heterocycles. The fourth-order valence-corrected chi connectivity index (χ4v) is 4.83. The average Bonchev–Trinajstić information content (AvgIpc) is 3.24. The van der Waals surface area contributed by atoms with E-state index in [1.165, 1.54) is 16.8 Å². The topological polar surface area (TPSA) is 117 Å². The molecule has 0 atom stereocenters. The summed E-state index contributed by atoms with van der Waals surface area (Å²) in [4.78, 5) is 13.2. The summed E-state index contributed by atoms with van der Waals surface area (Å²) < 4.78 is 26.6. The number of nitriles is 1. The number of hydrogen-bond donors (Lipinski definition) is 1. The van der Waals surface area contributed by atoms with Crippen molar-refractivity contribution in [3.05, 3.63) is 52.5 Å². The molecule has 0 spiro atoms. The van der Waals surface area contributed by atoms with Crippen molar-refractivity contribution in [3.63, 3.8) is 0 Å². The maximum Gasteiger partial charge on any atom is 0.223 e. The van der Waals surface area contributed by atoms with Crippen LogP contribution in [-0.4, -0.2) is 57.6 Å². The quantitative estimate of drug-likeness (QED) is 0.581. The summed E-state index contributed by atoms with van der Waals surface area (Å²) in [5, 5.41) is 13.0. The Hall–Kier alpha value is -2.71. The number of rotatable bonds is 5. The molecule has 0 amide bonds. The van der Waals surface area contributed by atoms with Crippen molar-refractivity contribution in [3.8, 4) is 23.1 Å². The highest BCUT2D eigenvalue weighted by Gasteiger charge is 2.25. The van der Waals surface area contributed by atoms with Crippen LogP contribution in [0.1, 0.15) is 18.4 Å². The van der Waals surface area contributed by atoms with Crippen LogP contribution < -0.4 is 5.32 Å². The number of benzene rings is 1. The third-order valence-electron chi connectivity index (χ3n) is 5.18. The monoisotopic (exact) mass is 491 g/mol. The number of halogens is 2. The van der Waals surface area contributed by atoms with Crippen LogP contribution in [0.2, 0.25) is 10.0 Å². The van der Waals surface area contributed by atoms with Crippen molar-refractivity contribution < 1.29 is 8.42 Å². The Morgan fingerprint density at radius 1 is 1.19 bits per heavy atom. The Morgan fingerprint density at radius 3 is 2.59 bits per heavy atom. The van der Waals surface area contributed by atoms with Gasteiger partial charge in [0.2, 0.25) is 16.0 Å². The zero-order valence-electron chi connectivity index (χ0n) is 17.0. The molecule has 0 radical (unpaired) electrons. The van der Waals surface area contributed by atoms with Gasteiger partial charge in [-0.3, -0.25) is 0 Å². The lowest BCUT2D eigenvalue weighted by Gasteiger charge is -2.30. The van der Waals surface area contributed by atoms with Gasteiger partial charge in [-0.1, -0.05) is 23.2 Å². The van der Waals surface area contributed by atoms with E-state index < -0.39 is 10.0 Å². The minimum atomic E-state index is -3.18. The van der Waals surface area contributed by atoms with Crippen molar-refractivity contribution in [2.75, 3.05) is 24.7 Å². The molecule has 32 heavy (non-hydrogen) atoms.